The molecule has 5 nitrogen and oxygen atoms in total. The summed E-state index contributed by atoms with van der Waals surface area (Å²) in [5.41, 5.74) is 0.454. The normalized spacial score (nSPS) is 11.7. The maximum Gasteiger partial charge on any atom is 0.341 e. The van der Waals surface area contributed by atoms with E-state index in [0.717, 1.165) is 5.75 Å². The number of carboxylic acid groups (broad SMARTS) is 1. The number of benzene rings is 1. The summed E-state index contributed by atoms with van der Waals surface area (Å²) in [6.45, 7) is 1.51. The van der Waals surface area contributed by atoms with Crippen LogP contribution in [0.1, 0.15) is 17.3 Å². The first-order valence-corrected chi connectivity index (χ1v) is 7.16. The van der Waals surface area contributed by atoms with E-state index in [4.69, 9.17) is 9.84 Å². The van der Waals surface area contributed by atoms with Crippen LogP contribution in [0.4, 0.5) is 0 Å². The molecule has 0 saturated heterocycles. The minimum absolute atomic E-state index is 0.0751. The van der Waals surface area contributed by atoms with Crippen molar-refractivity contribution < 1.29 is 19.4 Å². The third-order valence-electron chi connectivity index (χ3n) is 2.25. The van der Waals surface area contributed by atoms with Gasteiger partial charge in [-0.1, -0.05) is 6.07 Å². The number of carbonyl (C=O) groups is 2. The standard InChI is InChI=1S/C13H17NO4S/c1-9(8-19-2)14-13(17)10-4-3-5-11(6-10)18-7-12(15)16/h3-6,9H,7-8H2,1-2H3,(H,14,17)(H,15,16). The maximum absolute atomic E-state index is 11.9. The number of hydrogen-bond acceptors (Lipinski definition) is 4. The second kappa shape index (κ2) is 7.68. The quantitative estimate of drug-likeness (QED) is 0.795. The highest BCUT2D eigenvalue weighted by molar-refractivity contribution is 7.98. The molecule has 1 aromatic rings. The largest absolute Gasteiger partial charge is 0.482 e. The van der Waals surface area contributed by atoms with Crippen LogP contribution in [0.25, 0.3) is 0 Å². The van der Waals surface area contributed by atoms with Gasteiger partial charge in [0.1, 0.15) is 5.75 Å². The summed E-state index contributed by atoms with van der Waals surface area (Å²) < 4.78 is 5.03. The fourth-order valence-corrected chi connectivity index (χ4v) is 2.05. The van der Waals surface area contributed by atoms with Crippen molar-refractivity contribution in [3.05, 3.63) is 29.8 Å². The Morgan fingerprint density at radius 3 is 2.84 bits per heavy atom. The van der Waals surface area contributed by atoms with Crippen molar-refractivity contribution in [2.75, 3.05) is 18.6 Å². The Hall–Kier alpha value is -1.69. The molecule has 1 rings (SSSR count). The Morgan fingerprint density at radius 1 is 1.47 bits per heavy atom. The number of aliphatic carboxylic acids is 1. The van der Waals surface area contributed by atoms with Gasteiger partial charge in [0.15, 0.2) is 6.61 Å². The average Bonchev–Trinajstić information content (AvgIpc) is 2.37. The Balaban J connectivity index is 2.64. The molecule has 0 spiro atoms. The molecule has 1 amide bonds. The van der Waals surface area contributed by atoms with Crippen molar-refractivity contribution in [3.63, 3.8) is 0 Å². The van der Waals surface area contributed by atoms with E-state index in [0.29, 0.717) is 11.3 Å². The zero-order valence-corrected chi connectivity index (χ0v) is 11.7. The summed E-state index contributed by atoms with van der Waals surface area (Å²) in [4.78, 5) is 22.3. The van der Waals surface area contributed by atoms with Crippen LogP contribution in [0, 0.1) is 0 Å². The number of carboxylic acids is 1. The lowest BCUT2D eigenvalue weighted by atomic mass is 10.2. The molecule has 0 bridgehead atoms. The Kier molecular flexibility index (Phi) is 6.21. The SMILES string of the molecule is CSCC(C)NC(=O)c1cccc(OCC(=O)O)c1. The zero-order chi connectivity index (χ0) is 14.3. The number of amides is 1. The fourth-order valence-electron chi connectivity index (χ4n) is 1.47. The second-order valence-electron chi connectivity index (χ2n) is 4.04. The lowest BCUT2D eigenvalue weighted by molar-refractivity contribution is -0.139. The topological polar surface area (TPSA) is 75.6 Å². The maximum atomic E-state index is 11.9. The molecule has 6 heteroatoms. The molecule has 0 aliphatic rings. The van der Waals surface area contributed by atoms with E-state index < -0.39 is 12.6 Å². The summed E-state index contributed by atoms with van der Waals surface area (Å²) in [5, 5.41) is 11.4. The predicted octanol–water partition coefficient (Wildman–Crippen LogP) is 1.63. The molecule has 1 atom stereocenters. The second-order valence-corrected chi connectivity index (χ2v) is 4.95. The molecule has 0 aliphatic heterocycles. The highest BCUT2D eigenvalue weighted by Gasteiger charge is 2.10. The third-order valence-corrected chi connectivity index (χ3v) is 3.09. The van der Waals surface area contributed by atoms with Crippen LogP contribution in [0.2, 0.25) is 0 Å². The summed E-state index contributed by atoms with van der Waals surface area (Å²) in [6, 6.07) is 6.54. The highest BCUT2D eigenvalue weighted by Crippen LogP contribution is 2.13. The van der Waals surface area contributed by atoms with Crippen LogP contribution in [0.3, 0.4) is 0 Å². The molecular formula is C13H17NO4S. The molecule has 0 heterocycles. The third kappa shape index (κ3) is 5.65. The number of rotatable bonds is 7. The van der Waals surface area contributed by atoms with Crippen molar-refractivity contribution in [3.8, 4) is 5.75 Å². The van der Waals surface area contributed by atoms with Crippen LogP contribution in [-0.4, -0.2) is 41.6 Å². The van der Waals surface area contributed by atoms with Gasteiger partial charge in [0, 0.05) is 17.4 Å². The first-order chi connectivity index (χ1) is 9.02. The molecule has 1 unspecified atom stereocenters. The van der Waals surface area contributed by atoms with Gasteiger partial charge in [-0.3, -0.25) is 4.79 Å². The fraction of sp³-hybridized carbons (Fsp3) is 0.385. The van der Waals surface area contributed by atoms with Gasteiger partial charge >= 0.3 is 5.97 Å². The van der Waals surface area contributed by atoms with Gasteiger partial charge in [0.2, 0.25) is 0 Å². The van der Waals surface area contributed by atoms with Crippen LogP contribution < -0.4 is 10.1 Å². The van der Waals surface area contributed by atoms with Gasteiger partial charge < -0.3 is 15.2 Å². The van der Waals surface area contributed by atoms with E-state index in [2.05, 4.69) is 5.32 Å². The lowest BCUT2D eigenvalue weighted by Gasteiger charge is -2.13. The summed E-state index contributed by atoms with van der Waals surface area (Å²) in [7, 11) is 0. The minimum Gasteiger partial charge on any atom is -0.482 e. The van der Waals surface area contributed by atoms with E-state index in [1.54, 1.807) is 30.0 Å². The van der Waals surface area contributed by atoms with E-state index >= 15 is 0 Å². The highest BCUT2D eigenvalue weighted by atomic mass is 32.2. The molecule has 0 saturated carbocycles. The van der Waals surface area contributed by atoms with Crippen LogP contribution in [0.5, 0.6) is 5.75 Å². The molecule has 0 aliphatic carbocycles. The van der Waals surface area contributed by atoms with Crippen LogP contribution in [-0.2, 0) is 4.79 Å². The van der Waals surface area contributed by atoms with Crippen molar-refractivity contribution in [2.45, 2.75) is 13.0 Å². The molecular weight excluding hydrogens is 266 g/mol. The van der Waals surface area contributed by atoms with Gasteiger partial charge in [0.25, 0.3) is 5.91 Å². The molecule has 0 aromatic heterocycles. The van der Waals surface area contributed by atoms with Crippen molar-refractivity contribution >= 4 is 23.6 Å². The van der Waals surface area contributed by atoms with Gasteiger partial charge in [-0.25, -0.2) is 4.79 Å². The van der Waals surface area contributed by atoms with Gasteiger partial charge in [0.05, 0.1) is 0 Å². The van der Waals surface area contributed by atoms with Gasteiger partial charge in [-0.2, -0.15) is 11.8 Å². The van der Waals surface area contributed by atoms with E-state index in [-0.39, 0.29) is 11.9 Å². The molecule has 19 heavy (non-hydrogen) atoms. The van der Waals surface area contributed by atoms with Crippen molar-refractivity contribution in [1.82, 2.24) is 5.32 Å². The van der Waals surface area contributed by atoms with Gasteiger partial charge in [-0.05, 0) is 31.4 Å². The number of hydrogen-bond donors (Lipinski definition) is 2. The molecule has 0 fully saturated rings. The summed E-state index contributed by atoms with van der Waals surface area (Å²) in [5.74, 6) is -0.0423. The smallest absolute Gasteiger partial charge is 0.341 e. The zero-order valence-electron chi connectivity index (χ0n) is 10.9. The predicted molar refractivity (Wildman–Crippen MR) is 74.9 cm³/mol. The van der Waals surface area contributed by atoms with Crippen LogP contribution >= 0.6 is 11.8 Å². The van der Waals surface area contributed by atoms with Crippen LogP contribution in [0.15, 0.2) is 24.3 Å². The Morgan fingerprint density at radius 2 is 2.21 bits per heavy atom. The molecule has 0 radical (unpaired) electrons. The average molecular weight is 283 g/mol. The number of ether oxygens (including phenoxy) is 1. The van der Waals surface area contributed by atoms with E-state index in [9.17, 15) is 9.59 Å². The first-order valence-electron chi connectivity index (χ1n) is 5.77. The minimum atomic E-state index is -1.05. The van der Waals surface area contributed by atoms with Gasteiger partial charge in [-0.15, -0.1) is 0 Å². The molecule has 104 valence electrons. The van der Waals surface area contributed by atoms with E-state index in [1.807, 2.05) is 13.2 Å². The Bertz CT molecular complexity index is 450. The first kappa shape index (κ1) is 15.4. The number of nitrogens with one attached hydrogen (secondary N) is 1. The monoisotopic (exact) mass is 283 g/mol. The van der Waals surface area contributed by atoms with E-state index in [1.165, 1.54) is 6.07 Å². The summed E-state index contributed by atoms with van der Waals surface area (Å²) in [6.07, 6.45) is 1.98. The van der Waals surface area contributed by atoms with Crippen molar-refractivity contribution in [1.29, 1.82) is 0 Å². The number of carbonyl (C=O) groups excluding carboxylic acids is 1. The Labute approximate surface area is 116 Å². The lowest BCUT2D eigenvalue weighted by Crippen LogP contribution is -2.34. The molecule has 1 aromatic carbocycles. The number of thioether (sulfide) groups is 1. The molecule has 2 N–H and O–H groups in total. The van der Waals surface area contributed by atoms with Crippen molar-refractivity contribution in [2.24, 2.45) is 0 Å². The summed E-state index contributed by atoms with van der Waals surface area (Å²) >= 11 is 1.66.